The Morgan fingerprint density at radius 3 is 2.16 bits per heavy atom. The maximum absolute atomic E-state index is 12.8. The Balaban J connectivity index is 2.14. The van der Waals surface area contributed by atoms with Crippen LogP contribution in [0.3, 0.4) is 0 Å². The Labute approximate surface area is 216 Å². The molecule has 0 aliphatic carbocycles. The summed E-state index contributed by atoms with van der Waals surface area (Å²) in [5.74, 6) is -1.45. The minimum Gasteiger partial charge on any atom is -0.480 e. The van der Waals surface area contributed by atoms with Crippen LogP contribution in [0, 0.1) is 6.92 Å². The van der Waals surface area contributed by atoms with Crippen molar-refractivity contribution in [2.24, 2.45) is 0 Å². The number of nitrogens with one attached hydrogen (secondary N) is 2. The molecule has 2 atom stereocenters. The molecule has 2 aromatic rings. The molecule has 0 bridgehead atoms. The molecule has 2 amide bonds. The minimum atomic E-state index is -4.34. The van der Waals surface area contributed by atoms with Crippen LogP contribution >= 0.6 is 0 Å². The summed E-state index contributed by atoms with van der Waals surface area (Å²) in [6, 6.07) is 13.1. The highest BCUT2D eigenvalue weighted by Crippen LogP contribution is 2.18. The Morgan fingerprint density at radius 2 is 1.59 bits per heavy atom. The van der Waals surface area contributed by atoms with E-state index in [2.05, 4.69) is 10.6 Å². The van der Waals surface area contributed by atoms with Crippen molar-refractivity contribution in [3.63, 3.8) is 0 Å². The van der Waals surface area contributed by atoms with Crippen LogP contribution < -0.4 is 10.6 Å². The number of hydrogen-bond donors (Lipinski definition) is 3. The molecule has 0 saturated heterocycles. The number of rotatable bonds is 11. The van der Waals surface area contributed by atoms with Gasteiger partial charge in [-0.05, 0) is 45.4 Å². The molecule has 0 aliphatic rings. The number of aliphatic carboxylic acids is 1. The highest BCUT2D eigenvalue weighted by molar-refractivity contribution is 7.86. The lowest BCUT2D eigenvalue weighted by atomic mass is 10.1. The van der Waals surface area contributed by atoms with Crippen molar-refractivity contribution in [2.75, 3.05) is 6.54 Å². The first-order chi connectivity index (χ1) is 17.2. The van der Waals surface area contributed by atoms with Gasteiger partial charge in [-0.3, -0.25) is 4.18 Å². The smallest absolute Gasteiger partial charge is 0.408 e. The van der Waals surface area contributed by atoms with Gasteiger partial charge in [0.1, 0.15) is 18.2 Å². The molecule has 0 fully saturated rings. The molecule has 12 heteroatoms. The van der Waals surface area contributed by atoms with Gasteiger partial charge >= 0.3 is 18.2 Å². The topological polar surface area (TPSA) is 157 Å². The lowest BCUT2D eigenvalue weighted by Crippen LogP contribution is -2.47. The van der Waals surface area contributed by atoms with E-state index in [0.717, 1.165) is 11.1 Å². The van der Waals surface area contributed by atoms with Crippen LogP contribution in [0.5, 0.6) is 0 Å². The van der Waals surface area contributed by atoms with Gasteiger partial charge in [-0.1, -0.05) is 48.0 Å². The van der Waals surface area contributed by atoms with E-state index >= 15 is 0 Å². The maximum atomic E-state index is 12.8. The van der Waals surface area contributed by atoms with E-state index in [9.17, 15) is 27.9 Å². The second-order valence-corrected chi connectivity index (χ2v) is 10.8. The van der Waals surface area contributed by atoms with Crippen LogP contribution in [0.1, 0.15) is 38.3 Å². The number of hydrogen-bond acceptors (Lipinski definition) is 8. The number of carbonyl (C=O) groups excluding carboxylic acids is 2. The lowest BCUT2D eigenvalue weighted by Gasteiger charge is -2.24. The van der Waals surface area contributed by atoms with Gasteiger partial charge in [0.25, 0.3) is 10.1 Å². The summed E-state index contributed by atoms with van der Waals surface area (Å²) < 4.78 is 41.2. The summed E-state index contributed by atoms with van der Waals surface area (Å²) in [6.07, 6.45) is -3.74. The van der Waals surface area contributed by atoms with Crippen molar-refractivity contribution in [3.05, 3.63) is 65.7 Å². The van der Waals surface area contributed by atoms with Gasteiger partial charge in [-0.2, -0.15) is 8.42 Å². The number of aryl methyl sites for hydroxylation is 1. The van der Waals surface area contributed by atoms with Gasteiger partial charge in [-0.25, -0.2) is 14.4 Å². The largest absolute Gasteiger partial charge is 0.480 e. The molecule has 37 heavy (non-hydrogen) atoms. The average Bonchev–Trinajstić information content (AvgIpc) is 2.80. The fraction of sp³-hybridized carbons (Fsp3) is 0.400. The molecule has 2 rings (SSSR count). The highest BCUT2D eigenvalue weighted by Gasteiger charge is 2.31. The second kappa shape index (κ2) is 13.1. The fourth-order valence-electron chi connectivity index (χ4n) is 3.00. The van der Waals surface area contributed by atoms with Crippen molar-refractivity contribution in [1.29, 1.82) is 0 Å². The zero-order valence-electron chi connectivity index (χ0n) is 21.1. The highest BCUT2D eigenvalue weighted by atomic mass is 32.2. The van der Waals surface area contributed by atoms with Gasteiger partial charge in [0.15, 0.2) is 0 Å². The first-order valence-electron chi connectivity index (χ1n) is 11.4. The van der Waals surface area contributed by atoms with Crippen LogP contribution in [0.25, 0.3) is 0 Å². The first kappa shape index (κ1) is 29.6. The molecular formula is C25H32N2O9S. The number of alkyl carbamates (subject to hydrolysis) is 2. The SMILES string of the molecule is Cc1ccc(S(=O)(=O)O[C@@H](CNC(=O)OCc2ccccc2)CC(NC(=O)OC(C)(C)C)C(=O)O)cc1. The van der Waals surface area contributed by atoms with Crippen molar-refractivity contribution in [1.82, 2.24) is 10.6 Å². The van der Waals surface area contributed by atoms with E-state index in [1.165, 1.54) is 12.1 Å². The number of amides is 2. The molecule has 0 aliphatic heterocycles. The lowest BCUT2D eigenvalue weighted by molar-refractivity contribution is -0.140. The predicted octanol–water partition coefficient (Wildman–Crippen LogP) is 3.36. The summed E-state index contributed by atoms with van der Waals surface area (Å²) in [4.78, 5) is 36.0. The summed E-state index contributed by atoms with van der Waals surface area (Å²) in [5, 5.41) is 14.2. The Kier molecular flexibility index (Phi) is 10.4. The third-order valence-electron chi connectivity index (χ3n) is 4.75. The molecule has 202 valence electrons. The Bertz CT molecular complexity index is 1160. The summed E-state index contributed by atoms with van der Waals surface area (Å²) >= 11 is 0. The monoisotopic (exact) mass is 536 g/mol. The molecule has 11 nitrogen and oxygen atoms in total. The minimum absolute atomic E-state index is 0.0299. The number of carbonyl (C=O) groups is 3. The summed E-state index contributed by atoms with van der Waals surface area (Å²) in [6.45, 7) is 6.15. The number of carboxylic acid groups (broad SMARTS) is 1. The van der Waals surface area contributed by atoms with Crippen molar-refractivity contribution >= 4 is 28.3 Å². The zero-order chi connectivity index (χ0) is 27.6. The van der Waals surface area contributed by atoms with Gasteiger partial charge in [0.05, 0.1) is 11.0 Å². The van der Waals surface area contributed by atoms with Gasteiger partial charge in [0.2, 0.25) is 0 Å². The third-order valence-corrected chi connectivity index (χ3v) is 6.12. The second-order valence-electron chi connectivity index (χ2n) is 9.20. The van der Waals surface area contributed by atoms with E-state index in [-0.39, 0.29) is 11.5 Å². The molecule has 0 saturated carbocycles. The molecule has 2 aromatic carbocycles. The first-order valence-corrected chi connectivity index (χ1v) is 12.8. The van der Waals surface area contributed by atoms with Gasteiger partial charge in [0, 0.05) is 13.0 Å². The van der Waals surface area contributed by atoms with Crippen molar-refractivity contribution < 1.29 is 41.6 Å². The molecule has 3 N–H and O–H groups in total. The number of ether oxygens (including phenoxy) is 2. The van der Waals surface area contributed by atoms with E-state index in [0.29, 0.717) is 0 Å². The molecule has 0 spiro atoms. The van der Waals surface area contributed by atoms with Crippen LogP contribution in [0.4, 0.5) is 9.59 Å². The van der Waals surface area contributed by atoms with E-state index < -0.39 is 59.0 Å². The van der Waals surface area contributed by atoms with Crippen molar-refractivity contribution in [3.8, 4) is 0 Å². The van der Waals surface area contributed by atoms with E-state index in [1.54, 1.807) is 64.1 Å². The summed E-state index contributed by atoms with van der Waals surface area (Å²) in [5.41, 5.74) is 0.674. The van der Waals surface area contributed by atoms with Crippen LogP contribution in [0.2, 0.25) is 0 Å². The fourth-order valence-corrected chi connectivity index (χ4v) is 4.09. The molecule has 0 aromatic heterocycles. The van der Waals surface area contributed by atoms with Crippen LogP contribution in [-0.4, -0.2) is 56.0 Å². The van der Waals surface area contributed by atoms with Crippen LogP contribution in [-0.2, 0) is 35.2 Å². The quantitative estimate of drug-likeness (QED) is 0.366. The predicted molar refractivity (Wildman–Crippen MR) is 133 cm³/mol. The maximum Gasteiger partial charge on any atom is 0.408 e. The number of carboxylic acids is 1. The Morgan fingerprint density at radius 1 is 0.973 bits per heavy atom. The van der Waals surface area contributed by atoms with Gasteiger partial charge in [-0.15, -0.1) is 0 Å². The van der Waals surface area contributed by atoms with Gasteiger partial charge < -0.3 is 25.2 Å². The van der Waals surface area contributed by atoms with E-state index in [4.69, 9.17) is 13.7 Å². The summed E-state index contributed by atoms with van der Waals surface area (Å²) in [7, 11) is -4.34. The van der Waals surface area contributed by atoms with E-state index in [1.807, 2.05) is 6.07 Å². The zero-order valence-corrected chi connectivity index (χ0v) is 21.9. The molecule has 1 unspecified atom stereocenters. The normalized spacial score (nSPS) is 13.2. The third kappa shape index (κ3) is 10.9. The Hall–Kier alpha value is -3.64. The average molecular weight is 537 g/mol. The van der Waals surface area contributed by atoms with Crippen molar-refractivity contribution in [2.45, 2.75) is 63.4 Å². The molecular weight excluding hydrogens is 504 g/mol. The molecule has 0 radical (unpaired) electrons. The number of benzene rings is 2. The van der Waals surface area contributed by atoms with Crippen LogP contribution in [0.15, 0.2) is 59.5 Å². The molecule has 0 heterocycles. The standard InChI is InChI=1S/C25H32N2O9S/c1-17-10-12-20(13-11-17)37(32,33)36-19(14-21(22(28)29)27-24(31)35-25(2,3)4)15-26-23(30)34-16-18-8-6-5-7-9-18/h5-13,19,21H,14-16H2,1-4H3,(H,26,30)(H,27,31)(H,28,29)/t19-,21?/m1/s1.